The molecule has 0 aliphatic carbocycles. The van der Waals surface area contributed by atoms with Crippen LogP contribution in [0.3, 0.4) is 0 Å². The van der Waals surface area contributed by atoms with Crippen LogP contribution in [0.1, 0.15) is 6.42 Å². The molecule has 0 rings (SSSR count). The van der Waals surface area contributed by atoms with E-state index in [0.29, 0.717) is 0 Å². The average molecular weight is 206 g/mol. The van der Waals surface area contributed by atoms with Crippen LogP contribution in [0.2, 0.25) is 0 Å². The summed E-state index contributed by atoms with van der Waals surface area (Å²) in [7, 11) is 0. The number of carboxylic acids is 1. The van der Waals surface area contributed by atoms with Crippen LogP contribution in [0.5, 0.6) is 0 Å². The van der Waals surface area contributed by atoms with Gasteiger partial charge in [0.2, 0.25) is 0 Å². The fourth-order valence-electron chi connectivity index (χ4n) is 0.310. The molecular weight excluding hydrogens is 199 g/mol. The van der Waals surface area contributed by atoms with Gasteiger partial charge in [-0.15, -0.1) is 0 Å². The van der Waals surface area contributed by atoms with Crippen molar-refractivity contribution in [2.75, 3.05) is 0 Å². The van der Waals surface area contributed by atoms with Crippen LogP contribution in [0, 0.1) is 0 Å². The van der Waals surface area contributed by atoms with E-state index in [9.17, 15) is 9.59 Å². The maximum atomic E-state index is 10.2. The van der Waals surface area contributed by atoms with Gasteiger partial charge >= 0.3 is 63.3 Å². The summed E-state index contributed by atoms with van der Waals surface area (Å²) in [5.74, 6) is -2.34. The van der Waals surface area contributed by atoms with Gasteiger partial charge in [0.25, 0.3) is 0 Å². The minimum atomic E-state index is -1.63. The molecule has 0 aromatic carbocycles. The van der Waals surface area contributed by atoms with Crippen molar-refractivity contribution in [3.63, 3.8) is 0 Å². The van der Waals surface area contributed by atoms with Crippen molar-refractivity contribution in [2.24, 2.45) is 0 Å². The van der Waals surface area contributed by atoms with E-state index in [2.05, 4.69) is 17.1 Å². The Labute approximate surface area is 111 Å². The van der Waals surface area contributed by atoms with E-state index in [1.165, 1.54) is 0 Å². The molecule has 0 amide bonds. The fourth-order valence-corrected chi connectivity index (χ4v) is 0.431. The van der Waals surface area contributed by atoms with Crippen LogP contribution in [-0.2, 0) is 13.8 Å². The Hall–Kier alpha value is 0.886. The molecule has 60 valence electrons. The van der Waals surface area contributed by atoms with Gasteiger partial charge < -0.3 is 14.4 Å². The molecule has 11 heavy (non-hydrogen) atoms. The molecule has 0 aromatic heterocycles. The van der Waals surface area contributed by atoms with Crippen LogP contribution in [0.4, 0.5) is 0 Å². The van der Waals surface area contributed by atoms with E-state index >= 15 is 0 Å². The van der Waals surface area contributed by atoms with E-state index in [1.54, 1.807) is 0 Å². The van der Waals surface area contributed by atoms with Crippen molar-refractivity contribution in [3.8, 4) is 0 Å². The predicted molar refractivity (Wildman–Crippen MR) is 40.5 cm³/mol. The van der Waals surface area contributed by atoms with Gasteiger partial charge in [-0.25, -0.2) is 4.79 Å². The molecule has 0 radical (unpaired) electrons. The number of rotatable bonds is 3. The van der Waals surface area contributed by atoms with Crippen molar-refractivity contribution in [1.82, 2.24) is 0 Å². The summed E-state index contributed by atoms with van der Waals surface area (Å²) in [5.41, 5.74) is 0. The topological polar surface area (TPSA) is 83.8 Å². The van der Waals surface area contributed by atoms with Crippen molar-refractivity contribution in [2.45, 2.75) is 12.5 Å². The first-order valence-electron chi connectivity index (χ1n) is 2.33. The van der Waals surface area contributed by atoms with Crippen LogP contribution < -0.4 is 0 Å². The second-order valence-electron chi connectivity index (χ2n) is 1.52. The average Bonchev–Trinajstić information content (AvgIpc) is 1.85. The van der Waals surface area contributed by atoms with E-state index in [1.807, 2.05) is 0 Å². The van der Waals surface area contributed by atoms with Gasteiger partial charge in [0, 0.05) is 12.9 Å². The molecule has 0 aliphatic heterocycles. The van der Waals surface area contributed by atoms with Crippen LogP contribution >= 0.6 is 12.9 Å². The Balaban J connectivity index is 0. The first kappa shape index (κ1) is 14.4. The molecule has 0 saturated heterocycles. The van der Waals surface area contributed by atoms with E-state index < -0.39 is 24.5 Å². The number of hydrogen-bond donors (Lipinski definition) is 3. The molecule has 2 N–H and O–H groups in total. The Bertz CT molecular complexity index is 149. The Morgan fingerprint density at radius 3 is 2.27 bits per heavy atom. The van der Waals surface area contributed by atoms with Crippen LogP contribution in [0.15, 0.2) is 0 Å². The van der Waals surface area contributed by atoms with E-state index in [0.717, 1.165) is 0 Å². The molecule has 0 spiro atoms. The first-order valence-corrected chi connectivity index (χ1v) is 2.69. The number of thiol groups is 1. The molecule has 0 saturated carbocycles. The minimum absolute atomic E-state index is 0. The zero-order valence-corrected chi connectivity index (χ0v) is 5.75. The molecule has 5 nitrogen and oxygen atoms in total. The molecule has 0 aliphatic rings. The summed E-state index contributed by atoms with van der Waals surface area (Å²) < 4.78 is 3.76. The Morgan fingerprint density at radius 1 is 1.55 bits per heavy atom. The monoisotopic (exact) mass is 206 g/mol. The predicted octanol–water partition coefficient (Wildman–Crippen LogP) is -1.44. The molecular formula is C4H7KO5S. The van der Waals surface area contributed by atoms with Gasteiger partial charge in [0.15, 0.2) is 6.10 Å². The number of aliphatic hydroxyl groups excluding tert-OH is 1. The maximum absolute atomic E-state index is 10.2. The fraction of sp³-hybridized carbons (Fsp3) is 0.500. The number of aliphatic hydroxyl groups is 1. The second-order valence-corrected chi connectivity index (χ2v) is 1.71. The number of carboxylic acid groups (broad SMARTS) is 1. The van der Waals surface area contributed by atoms with Crippen molar-refractivity contribution in [3.05, 3.63) is 0 Å². The van der Waals surface area contributed by atoms with Crippen molar-refractivity contribution in [1.29, 1.82) is 0 Å². The standard InChI is InChI=1S/C4H6O5S.K.H/c5-2(1-3(6)7)4(8)9-10;;/h2,5,10H,1H2,(H,6,7);;. The number of hydrogen-bond acceptors (Lipinski definition) is 5. The zero-order valence-electron chi connectivity index (χ0n) is 4.85. The van der Waals surface area contributed by atoms with E-state index in [-0.39, 0.29) is 51.4 Å². The van der Waals surface area contributed by atoms with E-state index in [4.69, 9.17) is 10.2 Å². The molecule has 0 bridgehead atoms. The molecule has 0 heterocycles. The van der Waals surface area contributed by atoms with Crippen molar-refractivity contribution >= 4 is 76.2 Å². The van der Waals surface area contributed by atoms with Crippen LogP contribution in [0.25, 0.3) is 0 Å². The number of aliphatic carboxylic acids is 1. The number of carbonyl (C=O) groups excluding carboxylic acids is 1. The normalized spacial score (nSPS) is 11.1. The summed E-state index contributed by atoms with van der Waals surface area (Å²) in [6.45, 7) is 0. The van der Waals surface area contributed by atoms with Gasteiger partial charge in [-0.2, -0.15) is 0 Å². The van der Waals surface area contributed by atoms with Gasteiger partial charge in [0.1, 0.15) is 0 Å². The molecule has 0 fully saturated rings. The Morgan fingerprint density at radius 2 is 2.00 bits per heavy atom. The third kappa shape index (κ3) is 7.25. The summed E-state index contributed by atoms with van der Waals surface area (Å²) in [4.78, 5) is 20.1. The first-order chi connectivity index (χ1) is 4.57. The third-order valence-corrected chi connectivity index (χ3v) is 0.910. The Kier molecular flexibility index (Phi) is 9.87. The summed E-state index contributed by atoms with van der Waals surface area (Å²) in [6, 6.07) is 0. The second kappa shape index (κ2) is 7.53. The summed E-state index contributed by atoms with van der Waals surface area (Å²) >= 11 is 3.07. The molecule has 1 unspecified atom stereocenters. The zero-order chi connectivity index (χ0) is 8.15. The van der Waals surface area contributed by atoms with Gasteiger partial charge in [-0.05, 0) is 0 Å². The SMILES string of the molecule is O=C(O)CC(O)C(=O)OS.[KH]. The van der Waals surface area contributed by atoms with Crippen LogP contribution in [-0.4, -0.2) is 79.6 Å². The quantitative estimate of drug-likeness (QED) is 0.299. The summed E-state index contributed by atoms with van der Waals surface area (Å²) in [5, 5.41) is 16.6. The molecule has 0 aromatic rings. The van der Waals surface area contributed by atoms with Gasteiger partial charge in [-0.3, -0.25) is 4.79 Å². The van der Waals surface area contributed by atoms with Crippen molar-refractivity contribution < 1.29 is 24.0 Å². The van der Waals surface area contributed by atoms with Gasteiger partial charge in [0.05, 0.1) is 6.42 Å². The third-order valence-electron chi connectivity index (χ3n) is 0.730. The van der Waals surface area contributed by atoms with Gasteiger partial charge in [-0.1, -0.05) is 0 Å². The molecule has 1 atom stereocenters. The number of carbonyl (C=O) groups is 2. The summed E-state index contributed by atoms with van der Waals surface area (Å²) in [6.07, 6.45) is -2.30. The molecule has 7 heteroatoms.